The van der Waals surface area contributed by atoms with E-state index in [0.717, 1.165) is 25.9 Å². The molecule has 108 valence electrons. The van der Waals surface area contributed by atoms with E-state index >= 15 is 0 Å². The van der Waals surface area contributed by atoms with Gasteiger partial charge in [-0.05, 0) is 56.2 Å². The molecule has 0 spiro atoms. The van der Waals surface area contributed by atoms with E-state index in [-0.39, 0.29) is 5.91 Å². The quantitative estimate of drug-likeness (QED) is 0.913. The summed E-state index contributed by atoms with van der Waals surface area (Å²) < 4.78 is 0. The zero-order valence-electron chi connectivity index (χ0n) is 12.3. The summed E-state index contributed by atoms with van der Waals surface area (Å²) in [7, 11) is 0. The van der Waals surface area contributed by atoms with Crippen molar-refractivity contribution in [2.45, 2.75) is 44.6 Å². The zero-order chi connectivity index (χ0) is 13.9. The Hall–Kier alpha value is -1.35. The van der Waals surface area contributed by atoms with Gasteiger partial charge in [-0.1, -0.05) is 24.3 Å². The van der Waals surface area contributed by atoms with Crippen LogP contribution >= 0.6 is 0 Å². The van der Waals surface area contributed by atoms with E-state index in [2.05, 4.69) is 41.4 Å². The Kier molecular flexibility index (Phi) is 4.06. The van der Waals surface area contributed by atoms with Crippen molar-refractivity contribution in [3.8, 4) is 0 Å². The number of likely N-dealkylation sites (tertiary alicyclic amines) is 1. The van der Waals surface area contributed by atoms with E-state index in [1.807, 2.05) is 0 Å². The van der Waals surface area contributed by atoms with Crippen LogP contribution in [0.4, 0.5) is 0 Å². The fraction of sp³-hybridized carbons (Fsp3) is 0.588. The fourth-order valence-electron chi connectivity index (χ4n) is 3.20. The molecule has 1 N–H and O–H groups in total. The first kappa shape index (κ1) is 13.6. The Morgan fingerprint density at radius 2 is 2.10 bits per heavy atom. The molecular weight excluding hydrogens is 248 g/mol. The standard InChI is InChI=1S/C17H24N2O/c1-13-5-2-3-7-16(13)14-6-4-10-19(11-14)12-17(20)18-15-8-9-15/h2-3,5,7,14-15H,4,6,8-12H2,1H3,(H,18,20). The highest BCUT2D eigenvalue weighted by Crippen LogP contribution is 2.28. The number of carbonyl (C=O) groups is 1. The Bertz CT molecular complexity index is 482. The molecule has 1 saturated heterocycles. The summed E-state index contributed by atoms with van der Waals surface area (Å²) in [6.07, 6.45) is 4.76. The molecule has 1 aliphatic carbocycles. The maximum Gasteiger partial charge on any atom is 0.234 e. The van der Waals surface area contributed by atoms with Crippen molar-refractivity contribution in [1.29, 1.82) is 0 Å². The molecule has 2 aliphatic rings. The highest BCUT2D eigenvalue weighted by molar-refractivity contribution is 5.78. The number of hydrogen-bond donors (Lipinski definition) is 1. The van der Waals surface area contributed by atoms with Gasteiger partial charge in [-0.15, -0.1) is 0 Å². The molecule has 0 bridgehead atoms. The van der Waals surface area contributed by atoms with Crippen molar-refractivity contribution < 1.29 is 4.79 Å². The van der Waals surface area contributed by atoms with Crippen molar-refractivity contribution >= 4 is 5.91 Å². The molecule has 3 heteroatoms. The van der Waals surface area contributed by atoms with Crippen LogP contribution in [-0.4, -0.2) is 36.5 Å². The van der Waals surface area contributed by atoms with E-state index in [1.165, 1.54) is 24.0 Å². The van der Waals surface area contributed by atoms with Gasteiger partial charge in [-0.3, -0.25) is 9.69 Å². The summed E-state index contributed by atoms with van der Waals surface area (Å²) in [4.78, 5) is 14.2. The predicted octanol–water partition coefficient (Wildman–Crippen LogP) is 2.45. The third-order valence-corrected chi connectivity index (χ3v) is 4.44. The fourth-order valence-corrected chi connectivity index (χ4v) is 3.20. The van der Waals surface area contributed by atoms with Crippen LogP contribution in [0.5, 0.6) is 0 Å². The van der Waals surface area contributed by atoms with Gasteiger partial charge in [0.2, 0.25) is 5.91 Å². The number of rotatable bonds is 4. The van der Waals surface area contributed by atoms with Gasteiger partial charge >= 0.3 is 0 Å². The van der Waals surface area contributed by atoms with Gasteiger partial charge in [0.05, 0.1) is 6.54 Å². The third kappa shape index (κ3) is 3.40. The number of aryl methyl sites for hydroxylation is 1. The van der Waals surface area contributed by atoms with Crippen molar-refractivity contribution in [1.82, 2.24) is 10.2 Å². The number of carbonyl (C=O) groups excluding carboxylic acids is 1. The molecule has 1 atom stereocenters. The Morgan fingerprint density at radius 3 is 2.85 bits per heavy atom. The second-order valence-corrected chi connectivity index (χ2v) is 6.27. The molecule has 1 amide bonds. The zero-order valence-corrected chi connectivity index (χ0v) is 12.3. The van der Waals surface area contributed by atoms with Gasteiger partial charge < -0.3 is 5.32 Å². The smallest absolute Gasteiger partial charge is 0.234 e. The van der Waals surface area contributed by atoms with Crippen LogP contribution < -0.4 is 5.32 Å². The summed E-state index contributed by atoms with van der Waals surface area (Å²) in [5.74, 6) is 0.789. The number of piperidine rings is 1. The third-order valence-electron chi connectivity index (χ3n) is 4.44. The topological polar surface area (TPSA) is 32.3 Å². The maximum absolute atomic E-state index is 11.9. The molecule has 2 fully saturated rings. The number of nitrogens with zero attached hydrogens (tertiary/aromatic N) is 1. The van der Waals surface area contributed by atoms with Crippen LogP contribution in [0.3, 0.4) is 0 Å². The lowest BCUT2D eigenvalue weighted by atomic mass is 9.88. The maximum atomic E-state index is 11.9. The van der Waals surface area contributed by atoms with Crippen LogP contribution in [-0.2, 0) is 4.79 Å². The van der Waals surface area contributed by atoms with Crippen molar-refractivity contribution in [3.63, 3.8) is 0 Å². The monoisotopic (exact) mass is 272 g/mol. The minimum absolute atomic E-state index is 0.206. The molecule has 3 rings (SSSR count). The van der Waals surface area contributed by atoms with Crippen LogP contribution in [0.25, 0.3) is 0 Å². The molecule has 20 heavy (non-hydrogen) atoms. The van der Waals surface area contributed by atoms with Crippen LogP contribution in [0.2, 0.25) is 0 Å². The van der Waals surface area contributed by atoms with Crippen molar-refractivity contribution in [2.24, 2.45) is 0 Å². The summed E-state index contributed by atoms with van der Waals surface area (Å²) in [5, 5.41) is 3.09. The number of amides is 1. The Morgan fingerprint density at radius 1 is 1.30 bits per heavy atom. The van der Waals surface area contributed by atoms with E-state index < -0.39 is 0 Å². The van der Waals surface area contributed by atoms with Gasteiger partial charge in [0.1, 0.15) is 0 Å². The number of hydrogen-bond acceptors (Lipinski definition) is 2. The van der Waals surface area contributed by atoms with Crippen molar-refractivity contribution in [2.75, 3.05) is 19.6 Å². The lowest BCUT2D eigenvalue weighted by Gasteiger charge is -2.33. The first-order chi connectivity index (χ1) is 9.72. The summed E-state index contributed by atoms with van der Waals surface area (Å²) >= 11 is 0. The van der Waals surface area contributed by atoms with Gasteiger partial charge in [-0.2, -0.15) is 0 Å². The average molecular weight is 272 g/mol. The van der Waals surface area contributed by atoms with E-state index in [1.54, 1.807) is 0 Å². The first-order valence-corrected chi connectivity index (χ1v) is 7.79. The molecular formula is C17H24N2O. The minimum Gasteiger partial charge on any atom is -0.352 e. The highest BCUT2D eigenvalue weighted by atomic mass is 16.2. The van der Waals surface area contributed by atoms with Gasteiger partial charge in [0.15, 0.2) is 0 Å². The van der Waals surface area contributed by atoms with Gasteiger partial charge in [-0.25, -0.2) is 0 Å². The SMILES string of the molecule is Cc1ccccc1C1CCCN(CC(=O)NC2CC2)C1. The molecule has 1 unspecified atom stereocenters. The summed E-state index contributed by atoms with van der Waals surface area (Å²) in [6, 6.07) is 9.13. The lowest BCUT2D eigenvalue weighted by molar-refractivity contribution is -0.122. The number of nitrogens with one attached hydrogen (secondary N) is 1. The normalized spacial score (nSPS) is 23.6. The molecule has 1 aliphatic heterocycles. The van der Waals surface area contributed by atoms with Crippen LogP contribution in [0.15, 0.2) is 24.3 Å². The lowest BCUT2D eigenvalue weighted by Crippen LogP contribution is -2.42. The summed E-state index contributed by atoms with van der Waals surface area (Å²) in [6.45, 7) is 4.83. The second-order valence-electron chi connectivity index (χ2n) is 6.27. The molecule has 1 aromatic rings. The highest BCUT2D eigenvalue weighted by Gasteiger charge is 2.26. The summed E-state index contributed by atoms with van der Waals surface area (Å²) in [5.41, 5.74) is 2.83. The number of benzene rings is 1. The molecule has 3 nitrogen and oxygen atoms in total. The predicted molar refractivity (Wildman–Crippen MR) is 80.8 cm³/mol. The molecule has 0 aromatic heterocycles. The first-order valence-electron chi connectivity index (χ1n) is 7.79. The molecule has 0 radical (unpaired) electrons. The molecule has 1 heterocycles. The van der Waals surface area contributed by atoms with Crippen LogP contribution in [0.1, 0.15) is 42.7 Å². The minimum atomic E-state index is 0.206. The van der Waals surface area contributed by atoms with E-state index in [4.69, 9.17) is 0 Å². The average Bonchev–Trinajstić information content (AvgIpc) is 3.23. The van der Waals surface area contributed by atoms with Crippen molar-refractivity contribution in [3.05, 3.63) is 35.4 Å². The van der Waals surface area contributed by atoms with Crippen LogP contribution in [0, 0.1) is 6.92 Å². The Labute approximate surface area is 121 Å². The molecule has 1 saturated carbocycles. The van der Waals surface area contributed by atoms with Gasteiger partial charge in [0, 0.05) is 12.6 Å². The second kappa shape index (κ2) is 5.96. The van der Waals surface area contributed by atoms with E-state index in [9.17, 15) is 4.79 Å². The largest absolute Gasteiger partial charge is 0.352 e. The van der Waals surface area contributed by atoms with Gasteiger partial charge in [0.25, 0.3) is 0 Å². The van der Waals surface area contributed by atoms with E-state index in [0.29, 0.717) is 18.5 Å². The Balaban J connectivity index is 1.58. The molecule has 1 aromatic carbocycles.